The summed E-state index contributed by atoms with van der Waals surface area (Å²) in [5.74, 6) is -0.405. The van der Waals surface area contributed by atoms with Gasteiger partial charge in [-0.25, -0.2) is 13.6 Å². The topological polar surface area (TPSA) is 89.3 Å². The molecule has 0 aliphatic heterocycles. The number of carbonyl (C=O) groups is 1. The highest BCUT2D eigenvalue weighted by atomic mass is 35.5. The summed E-state index contributed by atoms with van der Waals surface area (Å²) in [5.41, 5.74) is 1.12. The van der Waals surface area contributed by atoms with Crippen LogP contribution in [-0.4, -0.2) is 14.3 Å². The number of hydrogen-bond donors (Lipinski definition) is 2. The number of nitrogens with one attached hydrogen (secondary N) is 1. The SMILES string of the molecule is C[C@@H](NC(=O)c1ccc(Cl)c(S(N)(=O)=O)c1)c1ccccc1. The van der Waals surface area contributed by atoms with Crippen molar-refractivity contribution >= 4 is 27.5 Å². The van der Waals surface area contributed by atoms with Crippen molar-refractivity contribution in [3.8, 4) is 0 Å². The zero-order valence-electron chi connectivity index (χ0n) is 11.8. The third-order valence-electron chi connectivity index (χ3n) is 3.15. The molecule has 0 aliphatic rings. The van der Waals surface area contributed by atoms with Crippen LogP contribution in [0.25, 0.3) is 0 Å². The number of halogens is 1. The van der Waals surface area contributed by atoms with Gasteiger partial charge in [0.25, 0.3) is 5.91 Å². The minimum Gasteiger partial charge on any atom is -0.346 e. The lowest BCUT2D eigenvalue weighted by Crippen LogP contribution is -2.27. The molecule has 0 unspecified atom stereocenters. The van der Waals surface area contributed by atoms with Crippen molar-refractivity contribution in [2.75, 3.05) is 0 Å². The predicted molar refractivity (Wildman–Crippen MR) is 85.1 cm³/mol. The van der Waals surface area contributed by atoms with Crippen LogP contribution >= 0.6 is 11.6 Å². The van der Waals surface area contributed by atoms with Gasteiger partial charge in [-0.05, 0) is 30.7 Å². The fraction of sp³-hybridized carbons (Fsp3) is 0.133. The Balaban J connectivity index is 2.24. The van der Waals surface area contributed by atoms with Gasteiger partial charge in [-0.2, -0.15) is 0 Å². The highest BCUT2D eigenvalue weighted by molar-refractivity contribution is 7.89. The fourth-order valence-corrected chi connectivity index (χ4v) is 3.04. The molecule has 0 bridgehead atoms. The molecule has 1 amide bonds. The molecule has 0 aromatic heterocycles. The molecule has 0 fully saturated rings. The van der Waals surface area contributed by atoms with Gasteiger partial charge in [0.2, 0.25) is 10.0 Å². The Kier molecular flexibility index (Phi) is 4.85. The molecular formula is C15H15ClN2O3S. The van der Waals surface area contributed by atoms with Gasteiger partial charge in [-0.1, -0.05) is 41.9 Å². The highest BCUT2D eigenvalue weighted by Crippen LogP contribution is 2.22. The Labute approximate surface area is 134 Å². The van der Waals surface area contributed by atoms with Gasteiger partial charge in [0.05, 0.1) is 11.1 Å². The largest absolute Gasteiger partial charge is 0.346 e. The van der Waals surface area contributed by atoms with Gasteiger partial charge in [0.15, 0.2) is 0 Å². The first-order chi connectivity index (χ1) is 10.3. The summed E-state index contributed by atoms with van der Waals surface area (Å²) in [7, 11) is -3.98. The van der Waals surface area contributed by atoms with Crippen LogP contribution in [0, 0.1) is 0 Å². The van der Waals surface area contributed by atoms with E-state index in [1.165, 1.54) is 18.2 Å². The number of amides is 1. The summed E-state index contributed by atoms with van der Waals surface area (Å²) >= 11 is 5.80. The summed E-state index contributed by atoms with van der Waals surface area (Å²) in [5, 5.41) is 7.85. The van der Waals surface area contributed by atoms with Crippen molar-refractivity contribution in [2.45, 2.75) is 17.9 Å². The van der Waals surface area contributed by atoms with Crippen LogP contribution in [-0.2, 0) is 10.0 Å². The van der Waals surface area contributed by atoms with E-state index in [0.717, 1.165) is 5.56 Å². The van der Waals surface area contributed by atoms with Crippen molar-refractivity contribution in [1.82, 2.24) is 5.32 Å². The second-order valence-electron chi connectivity index (χ2n) is 4.80. The number of benzene rings is 2. The Morgan fingerprint density at radius 1 is 1.18 bits per heavy atom. The van der Waals surface area contributed by atoms with Crippen LogP contribution < -0.4 is 10.5 Å². The Morgan fingerprint density at radius 2 is 1.82 bits per heavy atom. The third-order valence-corrected chi connectivity index (χ3v) is 4.54. The van der Waals surface area contributed by atoms with Gasteiger partial charge in [0, 0.05) is 5.56 Å². The quantitative estimate of drug-likeness (QED) is 0.897. The Hall–Kier alpha value is -1.89. The third kappa shape index (κ3) is 3.85. The standard InChI is InChI=1S/C15H15ClN2O3S/c1-10(11-5-3-2-4-6-11)18-15(19)12-7-8-13(16)14(9-12)22(17,20)21/h2-10H,1H3,(H,18,19)(H2,17,20,21)/t10-/m1/s1. The predicted octanol–water partition coefficient (Wildman–Crippen LogP) is 2.48. The minimum absolute atomic E-state index is 0.0184. The summed E-state index contributed by atoms with van der Waals surface area (Å²) in [6, 6.07) is 13.2. The van der Waals surface area contributed by atoms with Crippen LogP contribution in [0.4, 0.5) is 0 Å². The van der Waals surface area contributed by atoms with Crippen molar-refractivity contribution in [2.24, 2.45) is 5.14 Å². The summed E-state index contributed by atoms with van der Waals surface area (Å²) in [4.78, 5) is 12.0. The number of nitrogens with two attached hydrogens (primary N) is 1. The van der Waals surface area contributed by atoms with Crippen molar-refractivity contribution in [1.29, 1.82) is 0 Å². The molecule has 2 aromatic rings. The minimum atomic E-state index is -3.98. The number of sulfonamides is 1. The van der Waals surface area contributed by atoms with Gasteiger partial charge in [-0.3, -0.25) is 4.79 Å². The van der Waals surface area contributed by atoms with Crippen LogP contribution in [0.1, 0.15) is 28.9 Å². The highest BCUT2D eigenvalue weighted by Gasteiger charge is 2.17. The molecule has 22 heavy (non-hydrogen) atoms. The van der Waals surface area contributed by atoms with Gasteiger partial charge in [0.1, 0.15) is 4.90 Å². The second-order valence-corrected chi connectivity index (χ2v) is 6.73. The first kappa shape index (κ1) is 16.5. The molecule has 2 aromatic carbocycles. The smallest absolute Gasteiger partial charge is 0.251 e. The molecule has 0 aliphatic carbocycles. The molecule has 7 heteroatoms. The molecule has 0 spiro atoms. The number of rotatable bonds is 4. The van der Waals surface area contributed by atoms with E-state index in [0.29, 0.717) is 0 Å². The maximum atomic E-state index is 12.2. The number of hydrogen-bond acceptors (Lipinski definition) is 3. The van der Waals surface area contributed by atoms with Gasteiger partial charge < -0.3 is 5.32 Å². The fourth-order valence-electron chi connectivity index (χ4n) is 1.97. The Morgan fingerprint density at radius 3 is 2.41 bits per heavy atom. The molecule has 3 N–H and O–H groups in total. The normalized spacial score (nSPS) is 12.7. The van der Waals surface area contributed by atoms with Crippen LogP contribution in [0.2, 0.25) is 5.02 Å². The molecule has 0 saturated carbocycles. The molecule has 0 saturated heterocycles. The number of primary sulfonamides is 1. The van der Waals surface area contributed by atoms with E-state index in [-0.39, 0.29) is 21.5 Å². The maximum Gasteiger partial charge on any atom is 0.251 e. The molecular weight excluding hydrogens is 324 g/mol. The molecule has 0 radical (unpaired) electrons. The maximum absolute atomic E-state index is 12.2. The van der Waals surface area contributed by atoms with E-state index in [1.54, 1.807) is 0 Å². The number of carbonyl (C=O) groups excluding carboxylic acids is 1. The van der Waals surface area contributed by atoms with Gasteiger partial charge >= 0.3 is 0 Å². The van der Waals surface area contributed by atoms with Crippen molar-refractivity contribution in [3.05, 3.63) is 64.7 Å². The molecule has 1 atom stereocenters. The summed E-state index contributed by atoms with van der Waals surface area (Å²) in [6.45, 7) is 1.84. The lowest BCUT2D eigenvalue weighted by atomic mass is 10.1. The van der Waals surface area contributed by atoms with Crippen molar-refractivity contribution in [3.63, 3.8) is 0 Å². The molecule has 5 nitrogen and oxygen atoms in total. The van der Waals surface area contributed by atoms with Gasteiger partial charge in [-0.15, -0.1) is 0 Å². The van der Waals surface area contributed by atoms with E-state index >= 15 is 0 Å². The van der Waals surface area contributed by atoms with E-state index in [4.69, 9.17) is 16.7 Å². The zero-order chi connectivity index (χ0) is 16.3. The summed E-state index contributed by atoms with van der Waals surface area (Å²) in [6.07, 6.45) is 0. The monoisotopic (exact) mass is 338 g/mol. The van der Waals surface area contributed by atoms with Crippen LogP contribution in [0.15, 0.2) is 53.4 Å². The zero-order valence-corrected chi connectivity index (χ0v) is 13.4. The lowest BCUT2D eigenvalue weighted by molar-refractivity contribution is 0.0939. The first-order valence-electron chi connectivity index (χ1n) is 6.47. The second kappa shape index (κ2) is 6.48. The van der Waals surface area contributed by atoms with E-state index < -0.39 is 15.9 Å². The molecule has 2 rings (SSSR count). The first-order valence-corrected chi connectivity index (χ1v) is 8.39. The van der Waals surface area contributed by atoms with Crippen LogP contribution in [0.5, 0.6) is 0 Å². The summed E-state index contributed by atoms with van der Waals surface area (Å²) < 4.78 is 22.9. The molecule has 116 valence electrons. The average molecular weight is 339 g/mol. The van der Waals surface area contributed by atoms with E-state index in [1.807, 2.05) is 37.3 Å². The molecule has 0 heterocycles. The van der Waals surface area contributed by atoms with E-state index in [2.05, 4.69) is 5.32 Å². The van der Waals surface area contributed by atoms with Crippen LogP contribution in [0.3, 0.4) is 0 Å². The van der Waals surface area contributed by atoms with Crippen molar-refractivity contribution < 1.29 is 13.2 Å². The van der Waals surface area contributed by atoms with E-state index in [9.17, 15) is 13.2 Å². The average Bonchev–Trinajstić information content (AvgIpc) is 2.47. The lowest BCUT2D eigenvalue weighted by Gasteiger charge is -2.14. The Bertz CT molecular complexity index is 792.